The maximum atomic E-state index is 11.5. The third-order valence-corrected chi connectivity index (χ3v) is 2.44. The Morgan fingerprint density at radius 1 is 1.31 bits per heavy atom. The lowest BCUT2D eigenvalue weighted by atomic mass is 10.1. The lowest BCUT2D eigenvalue weighted by molar-refractivity contribution is 0.160. The first-order valence-corrected chi connectivity index (χ1v) is 5.65. The van der Waals surface area contributed by atoms with Gasteiger partial charge in [0.1, 0.15) is 0 Å². The maximum Gasteiger partial charge on any atom is 0.411 e. The van der Waals surface area contributed by atoms with Gasteiger partial charge in [0.2, 0.25) is 0 Å². The first-order valence-electron chi connectivity index (χ1n) is 5.65. The smallest absolute Gasteiger partial charge is 0.411 e. The van der Waals surface area contributed by atoms with E-state index in [9.17, 15) is 4.79 Å². The Morgan fingerprint density at radius 2 is 1.94 bits per heavy atom. The van der Waals surface area contributed by atoms with Crippen LogP contribution < -0.4 is 5.32 Å². The zero-order valence-corrected chi connectivity index (χ0v) is 10.2. The van der Waals surface area contributed by atoms with Crippen molar-refractivity contribution in [2.24, 2.45) is 0 Å². The van der Waals surface area contributed by atoms with Gasteiger partial charge in [0, 0.05) is 5.69 Å². The Morgan fingerprint density at radius 3 is 2.50 bits per heavy atom. The van der Waals surface area contributed by atoms with Gasteiger partial charge in [-0.3, -0.25) is 5.32 Å². The molecule has 0 saturated heterocycles. The number of aryl methyl sites for hydroxylation is 2. The summed E-state index contributed by atoms with van der Waals surface area (Å²) < 4.78 is 5.05. The van der Waals surface area contributed by atoms with Crippen LogP contribution >= 0.6 is 0 Å². The standard InChI is InChI=1S/C13H19NO2/c1-4-5-9-16-13(15)14-12-10(2)7-6-8-11(12)3/h6-8H,4-5,9H2,1-3H3,(H,14,15). The number of carbonyl (C=O) groups excluding carboxylic acids is 1. The van der Waals surface area contributed by atoms with Crippen molar-refractivity contribution in [3.05, 3.63) is 29.3 Å². The lowest BCUT2D eigenvalue weighted by Crippen LogP contribution is -2.15. The van der Waals surface area contributed by atoms with Gasteiger partial charge in [0.15, 0.2) is 0 Å². The molecule has 0 radical (unpaired) electrons. The number of hydrogen-bond donors (Lipinski definition) is 1. The molecule has 0 atom stereocenters. The fourth-order valence-corrected chi connectivity index (χ4v) is 1.46. The summed E-state index contributed by atoms with van der Waals surface area (Å²) in [6.07, 6.45) is 1.56. The number of benzene rings is 1. The van der Waals surface area contributed by atoms with Crippen molar-refractivity contribution < 1.29 is 9.53 Å². The van der Waals surface area contributed by atoms with E-state index in [4.69, 9.17) is 4.74 Å². The third-order valence-electron chi connectivity index (χ3n) is 2.44. The van der Waals surface area contributed by atoms with Crippen LogP contribution in [0.2, 0.25) is 0 Å². The molecule has 1 rings (SSSR count). The molecule has 3 nitrogen and oxygen atoms in total. The normalized spacial score (nSPS) is 9.94. The summed E-state index contributed by atoms with van der Waals surface area (Å²) in [5.41, 5.74) is 2.95. The molecule has 88 valence electrons. The number of nitrogens with one attached hydrogen (secondary N) is 1. The van der Waals surface area contributed by atoms with E-state index >= 15 is 0 Å². The Bertz CT molecular complexity index is 341. The van der Waals surface area contributed by atoms with Crippen LogP contribution in [0.4, 0.5) is 10.5 Å². The van der Waals surface area contributed by atoms with Crippen molar-refractivity contribution in [3.63, 3.8) is 0 Å². The topological polar surface area (TPSA) is 38.3 Å². The van der Waals surface area contributed by atoms with E-state index in [1.165, 1.54) is 0 Å². The molecule has 1 aromatic rings. The van der Waals surface area contributed by atoms with Gasteiger partial charge in [-0.25, -0.2) is 4.79 Å². The highest BCUT2D eigenvalue weighted by Crippen LogP contribution is 2.19. The van der Waals surface area contributed by atoms with Crippen LogP contribution in [0.5, 0.6) is 0 Å². The molecule has 0 aliphatic carbocycles. The molecule has 0 spiro atoms. The average Bonchev–Trinajstić information content (AvgIpc) is 2.24. The highest BCUT2D eigenvalue weighted by Gasteiger charge is 2.07. The number of unbranched alkanes of at least 4 members (excludes halogenated alkanes) is 1. The van der Waals surface area contributed by atoms with Gasteiger partial charge < -0.3 is 4.74 Å². The first kappa shape index (κ1) is 12.6. The fourth-order valence-electron chi connectivity index (χ4n) is 1.46. The summed E-state index contributed by atoms with van der Waals surface area (Å²) in [5.74, 6) is 0. The summed E-state index contributed by atoms with van der Waals surface area (Å²) in [6, 6.07) is 5.90. The van der Waals surface area contributed by atoms with Gasteiger partial charge in [-0.1, -0.05) is 31.5 Å². The van der Waals surface area contributed by atoms with Gasteiger partial charge in [-0.15, -0.1) is 0 Å². The second-order valence-corrected chi connectivity index (χ2v) is 3.88. The summed E-state index contributed by atoms with van der Waals surface area (Å²) in [6.45, 7) is 6.48. The minimum Gasteiger partial charge on any atom is -0.449 e. The molecule has 0 saturated carbocycles. The van der Waals surface area contributed by atoms with E-state index < -0.39 is 0 Å². The van der Waals surface area contributed by atoms with Crippen LogP contribution in [0.1, 0.15) is 30.9 Å². The van der Waals surface area contributed by atoms with Crippen molar-refractivity contribution in [3.8, 4) is 0 Å². The van der Waals surface area contributed by atoms with Crippen LogP contribution in [0.25, 0.3) is 0 Å². The molecular weight excluding hydrogens is 202 g/mol. The van der Waals surface area contributed by atoms with Crippen molar-refractivity contribution in [2.75, 3.05) is 11.9 Å². The monoisotopic (exact) mass is 221 g/mol. The molecule has 0 aliphatic heterocycles. The predicted octanol–water partition coefficient (Wildman–Crippen LogP) is 3.65. The fraction of sp³-hybridized carbons (Fsp3) is 0.462. The van der Waals surface area contributed by atoms with Crippen LogP contribution in [-0.4, -0.2) is 12.7 Å². The Labute approximate surface area is 96.8 Å². The summed E-state index contributed by atoms with van der Waals surface area (Å²) in [7, 11) is 0. The van der Waals surface area contributed by atoms with E-state index in [-0.39, 0.29) is 6.09 Å². The summed E-state index contributed by atoms with van der Waals surface area (Å²) in [4.78, 5) is 11.5. The van der Waals surface area contributed by atoms with E-state index in [0.29, 0.717) is 6.61 Å². The van der Waals surface area contributed by atoms with E-state index in [1.807, 2.05) is 32.0 Å². The molecule has 0 heterocycles. The number of anilines is 1. The van der Waals surface area contributed by atoms with Gasteiger partial charge in [-0.05, 0) is 31.4 Å². The van der Waals surface area contributed by atoms with Gasteiger partial charge in [0.05, 0.1) is 6.61 Å². The largest absolute Gasteiger partial charge is 0.449 e. The first-order chi connectivity index (χ1) is 7.65. The Kier molecular flexibility index (Phi) is 4.83. The second kappa shape index (κ2) is 6.16. The molecule has 3 heteroatoms. The van der Waals surface area contributed by atoms with Gasteiger partial charge >= 0.3 is 6.09 Å². The van der Waals surface area contributed by atoms with Crippen molar-refractivity contribution in [1.82, 2.24) is 0 Å². The molecule has 1 aromatic carbocycles. The quantitative estimate of drug-likeness (QED) is 0.788. The zero-order chi connectivity index (χ0) is 12.0. The average molecular weight is 221 g/mol. The number of amides is 1. The number of ether oxygens (including phenoxy) is 1. The maximum absolute atomic E-state index is 11.5. The van der Waals surface area contributed by atoms with E-state index in [0.717, 1.165) is 29.7 Å². The minimum atomic E-state index is -0.370. The van der Waals surface area contributed by atoms with Crippen LogP contribution in [0.3, 0.4) is 0 Å². The third kappa shape index (κ3) is 3.57. The molecule has 0 unspecified atom stereocenters. The number of carbonyl (C=O) groups is 1. The molecule has 1 N–H and O–H groups in total. The molecule has 16 heavy (non-hydrogen) atoms. The minimum absolute atomic E-state index is 0.370. The number of hydrogen-bond acceptors (Lipinski definition) is 2. The molecule has 0 aromatic heterocycles. The van der Waals surface area contributed by atoms with Gasteiger partial charge in [0.25, 0.3) is 0 Å². The number of para-hydroxylation sites is 1. The Balaban J connectivity index is 2.56. The molecule has 0 aliphatic rings. The molecular formula is C13H19NO2. The van der Waals surface area contributed by atoms with Crippen LogP contribution in [0.15, 0.2) is 18.2 Å². The zero-order valence-electron chi connectivity index (χ0n) is 10.2. The van der Waals surface area contributed by atoms with Crippen LogP contribution in [-0.2, 0) is 4.74 Å². The van der Waals surface area contributed by atoms with Gasteiger partial charge in [-0.2, -0.15) is 0 Å². The van der Waals surface area contributed by atoms with E-state index in [1.54, 1.807) is 0 Å². The van der Waals surface area contributed by atoms with Crippen molar-refractivity contribution in [1.29, 1.82) is 0 Å². The second-order valence-electron chi connectivity index (χ2n) is 3.88. The summed E-state index contributed by atoms with van der Waals surface area (Å²) >= 11 is 0. The molecule has 0 bridgehead atoms. The van der Waals surface area contributed by atoms with Crippen molar-refractivity contribution >= 4 is 11.8 Å². The summed E-state index contributed by atoms with van der Waals surface area (Å²) in [5, 5.41) is 2.78. The van der Waals surface area contributed by atoms with Crippen molar-refractivity contribution in [2.45, 2.75) is 33.6 Å². The van der Waals surface area contributed by atoms with Crippen LogP contribution in [0, 0.1) is 13.8 Å². The SMILES string of the molecule is CCCCOC(=O)Nc1c(C)cccc1C. The lowest BCUT2D eigenvalue weighted by Gasteiger charge is -2.11. The molecule has 0 fully saturated rings. The number of rotatable bonds is 4. The van der Waals surface area contributed by atoms with E-state index in [2.05, 4.69) is 12.2 Å². The molecule has 1 amide bonds. The predicted molar refractivity (Wildman–Crippen MR) is 65.8 cm³/mol. The highest BCUT2D eigenvalue weighted by molar-refractivity contribution is 5.86. The highest BCUT2D eigenvalue weighted by atomic mass is 16.5. The Hall–Kier alpha value is -1.51.